The summed E-state index contributed by atoms with van der Waals surface area (Å²) in [5.74, 6) is 0. The molecule has 4 nitrogen and oxygen atoms in total. The molecule has 1 aromatic rings. The maximum absolute atomic E-state index is 12.0. The van der Waals surface area contributed by atoms with Crippen LogP contribution in [0.15, 0.2) is 30.9 Å². The van der Waals surface area contributed by atoms with E-state index in [0.717, 1.165) is 31.6 Å². The number of hydrogen-bond acceptors (Lipinski definition) is 2. The first kappa shape index (κ1) is 15.4. The predicted molar refractivity (Wildman–Crippen MR) is 87.7 cm³/mol. The molecular formula is C17H25N3O. The zero-order chi connectivity index (χ0) is 15.2. The third-order valence-electron chi connectivity index (χ3n) is 3.98. The van der Waals surface area contributed by atoms with Gasteiger partial charge in [0.1, 0.15) is 0 Å². The second kappa shape index (κ2) is 7.16. The summed E-state index contributed by atoms with van der Waals surface area (Å²) in [6.07, 6.45) is 3.83. The molecule has 1 saturated heterocycles. The molecule has 1 heterocycles. The van der Waals surface area contributed by atoms with Crippen molar-refractivity contribution in [2.45, 2.75) is 32.7 Å². The number of amides is 2. The molecule has 0 spiro atoms. The van der Waals surface area contributed by atoms with Gasteiger partial charge >= 0.3 is 6.03 Å². The van der Waals surface area contributed by atoms with Crippen molar-refractivity contribution in [1.82, 2.24) is 10.2 Å². The van der Waals surface area contributed by atoms with E-state index in [0.29, 0.717) is 12.6 Å². The van der Waals surface area contributed by atoms with E-state index in [2.05, 4.69) is 49.3 Å². The van der Waals surface area contributed by atoms with Gasteiger partial charge in [-0.25, -0.2) is 4.79 Å². The fourth-order valence-corrected chi connectivity index (χ4v) is 2.62. The topological polar surface area (TPSA) is 44.4 Å². The SMILES string of the molecule is C=CCNC(=O)N1CCC[C@@H](Nc2ccc(C)c(C)c2)C1. The summed E-state index contributed by atoms with van der Waals surface area (Å²) in [4.78, 5) is 13.9. The largest absolute Gasteiger partial charge is 0.381 e. The van der Waals surface area contributed by atoms with Crippen LogP contribution in [0.3, 0.4) is 0 Å². The quantitative estimate of drug-likeness (QED) is 0.836. The van der Waals surface area contributed by atoms with Crippen LogP contribution in [0, 0.1) is 13.8 Å². The Balaban J connectivity index is 1.93. The summed E-state index contributed by atoms with van der Waals surface area (Å²) in [5.41, 5.74) is 3.72. The van der Waals surface area contributed by atoms with Crippen LogP contribution in [-0.2, 0) is 0 Å². The average molecular weight is 287 g/mol. The molecule has 0 radical (unpaired) electrons. The maximum atomic E-state index is 12.0. The molecule has 114 valence electrons. The van der Waals surface area contributed by atoms with E-state index in [1.165, 1.54) is 11.1 Å². The predicted octanol–water partition coefficient (Wildman–Crippen LogP) is 3.08. The van der Waals surface area contributed by atoms with Gasteiger partial charge in [0, 0.05) is 31.4 Å². The molecule has 2 N–H and O–H groups in total. The minimum atomic E-state index is 0.00138. The highest BCUT2D eigenvalue weighted by Crippen LogP contribution is 2.19. The van der Waals surface area contributed by atoms with Crippen LogP contribution in [0.2, 0.25) is 0 Å². The lowest BCUT2D eigenvalue weighted by molar-refractivity contribution is 0.183. The van der Waals surface area contributed by atoms with E-state index in [-0.39, 0.29) is 6.03 Å². The second-order valence-corrected chi connectivity index (χ2v) is 5.70. The molecule has 1 atom stereocenters. The van der Waals surface area contributed by atoms with Crippen molar-refractivity contribution >= 4 is 11.7 Å². The number of carbonyl (C=O) groups excluding carboxylic acids is 1. The van der Waals surface area contributed by atoms with Crippen LogP contribution in [0.25, 0.3) is 0 Å². The number of piperidine rings is 1. The Morgan fingerprint density at radius 1 is 1.43 bits per heavy atom. The van der Waals surface area contributed by atoms with Gasteiger partial charge in [0.25, 0.3) is 0 Å². The van der Waals surface area contributed by atoms with Crippen LogP contribution in [0.4, 0.5) is 10.5 Å². The van der Waals surface area contributed by atoms with Crippen molar-refractivity contribution in [3.8, 4) is 0 Å². The normalized spacial score (nSPS) is 18.2. The molecule has 2 rings (SSSR count). The number of aryl methyl sites for hydroxylation is 2. The zero-order valence-corrected chi connectivity index (χ0v) is 13.0. The molecule has 1 aromatic carbocycles. The Hall–Kier alpha value is -1.97. The third-order valence-corrected chi connectivity index (χ3v) is 3.98. The van der Waals surface area contributed by atoms with E-state index in [1.54, 1.807) is 6.08 Å². The highest BCUT2D eigenvalue weighted by molar-refractivity contribution is 5.74. The first-order valence-corrected chi connectivity index (χ1v) is 7.57. The van der Waals surface area contributed by atoms with Gasteiger partial charge in [-0.1, -0.05) is 12.1 Å². The van der Waals surface area contributed by atoms with Gasteiger partial charge in [0.05, 0.1) is 0 Å². The summed E-state index contributed by atoms with van der Waals surface area (Å²) in [6.45, 7) is 9.95. The van der Waals surface area contributed by atoms with Crippen LogP contribution >= 0.6 is 0 Å². The van der Waals surface area contributed by atoms with Crippen LogP contribution in [0.5, 0.6) is 0 Å². The summed E-state index contributed by atoms with van der Waals surface area (Å²) in [5, 5.41) is 6.39. The highest BCUT2D eigenvalue weighted by Gasteiger charge is 2.23. The Kier molecular flexibility index (Phi) is 5.26. The molecule has 1 aliphatic rings. The van der Waals surface area contributed by atoms with Gasteiger partial charge in [-0.2, -0.15) is 0 Å². The van der Waals surface area contributed by atoms with E-state index in [9.17, 15) is 4.79 Å². The number of carbonyl (C=O) groups is 1. The number of nitrogens with zero attached hydrogens (tertiary/aromatic N) is 1. The van der Waals surface area contributed by atoms with Crippen LogP contribution in [0.1, 0.15) is 24.0 Å². The minimum absolute atomic E-state index is 0.00138. The number of rotatable bonds is 4. The lowest BCUT2D eigenvalue weighted by Gasteiger charge is -2.33. The summed E-state index contributed by atoms with van der Waals surface area (Å²) < 4.78 is 0. The lowest BCUT2D eigenvalue weighted by atomic mass is 10.0. The van der Waals surface area contributed by atoms with E-state index < -0.39 is 0 Å². The van der Waals surface area contributed by atoms with E-state index in [4.69, 9.17) is 0 Å². The number of nitrogens with one attached hydrogen (secondary N) is 2. The maximum Gasteiger partial charge on any atom is 0.317 e. The van der Waals surface area contributed by atoms with Crippen LogP contribution in [-0.4, -0.2) is 36.6 Å². The number of hydrogen-bond donors (Lipinski definition) is 2. The number of anilines is 1. The Morgan fingerprint density at radius 2 is 2.24 bits per heavy atom. The van der Waals surface area contributed by atoms with E-state index in [1.807, 2.05) is 4.90 Å². The first-order chi connectivity index (χ1) is 10.1. The molecule has 0 aromatic heterocycles. The van der Waals surface area contributed by atoms with E-state index >= 15 is 0 Å². The molecule has 4 heteroatoms. The van der Waals surface area contributed by atoms with Crippen LogP contribution < -0.4 is 10.6 Å². The monoisotopic (exact) mass is 287 g/mol. The molecule has 0 aliphatic carbocycles. The van der Waals surface area contributed by atoms with Crippen molar-refractivity contribution in [3.05, 3.63) is 42.0 Å². The minimum Gasteiger partial charge on any atom is -0.381 e. The molecule has 1 aliphatic heterocycles. The highest BCUT2D eigenvalue weighted by atomic mass is 16.2. The van der Waals surface area contributed by atoms with Gasteiger partial charge in [0.2, 0.25) is 0 Å². The number of likely N-dealkylation sites (tertiary alicyclic amines) is 1. The fraction of sp³-hybridized carbons (Fsp3) is 0.471. The molecule has 21 heavy (non-hydrogen) atoms. The van der Waals surface area contributed by atoms with Gasteiger partial charge in [-0.15, -0.1) is 6.58 Å². The first-order valence-electron chi connectivity index (χ1n) is 7.57. The molecule has 0 bridgehead atoms. The smallest absolute Gasteiger partial charge is 0.317 e. The van der Waals surface area contributed by atoms with Crippen molar-refractivity contribution in [2.75, 3.05) is 25.0 Å². The number of benzene rings is 1. The Bertz CT molecular complexity index is 513. The van der Waals surface area contributed by atoms with Crippen molar-refractivity contribution in [3.63, 3.8) is 0 Å². The Labute approximate surface area is 127 Å². The molecule has 0 saturated carbocycles. The zero-order valence-electron chi connectivity index (χ0n) is 13.0. The molecule has 0 unspecified atom stereocenters. The average Bonchev–Trinajstić information content (AvgIpc) is 2.49. The third kappa shape index (κ3) is 4.25. The second-order valence-electron chi connectivity index (χ2n) is 5.70. The van der Waals surface area contributed by atoms with Crippen molar-refractivity contribution in [1.29, 1.82) is 0 Å². The Morgan fingerprint density at radius 3 is 2.95 bits per heavy atom. The molecule has 2 amide bonds. The van der Waals surface area contributed by atoms with Gasteiger partial charge in [-0.3, -0.25) is 0 Å². The van der Waals surface area contributed by atoms with Gasteiger partial charge in [-0.05, 0) is 49.9 Å². The van der Waals surface area contributed by atoms with Crippen molar-refractivity contribution in [2.24, 2.45) is 0 Å². The van der Waals surface area contributed by atoms with Crippen molar-refractivity contribution < 1.29 is 4.79 Å². The fourth-order valence-electron chi connectivity index (χ4n) is 2.62. The molecular weight excluding hydrogens is 262 g/mol. The number of urea groups is 1. The summed E-state index contributed by atoms with van der Waals surface area (Å²) in [7, 11) is 0. The lowest BCUT2D eigenvalue weighted by Crippen LogP contribution is -2.49. The summed E-state index contributed by atoms with van der Waals surface area (Å²) in [6, 6.07) is 6.73. The molecule has 1 fully saturated rings. The van der Waals surface area contributed by atoms with Gasteiger partial charge < -0.3 is 15.5 Å². The standard InChI is InChI=1S/C17H25N3O/c1-4-9-18-17(21)20-10-5-6-16(12-20)19-15-8-7-13(2)14(3)11-15/h4,7-8,11,16,19H,1,5-6,9-10,12H2,2-3H3,(H,18,21)/t16-/m1/s1. The summed E-state index contributed by atoms with van der Waals surface area (Å²) >= 11 is 0. The van der Waals surface area contributed by atoms with Gasteiger partial charge in [0.15, 0.2) is 0 Å².